The Balaban J connectivity index is 3.04. The van der Waals surface area contributed by atoms with E-state index in [9.17, 15) is 24.0 Å². The van der Waals surface area contributed by atoms with Gasteiger partial charge in [-0.05, 0) is 60.5 Å². The summed E-state index contributed by atoms with van der Waals surface area (Å²) in [4.78, 5) is 65.3. The number of hydrogen-bond acceptors (Lipinski definition) is 9. The summed E-state index contributed by atoms with van der Waals surface area (Å²) in [5, 5.41) is 6.04. The number of esters is 1. The molecule has 0 radical (unpaired) electrons. The van der Waals surface area contributed by atoms with Crippen LogP contribution in [0, 0.1) is 6.92 Å². The van der Waals surface area contributed by atoms with Crippen molar-refractivity contribution in [3.05, 3.63) is 32.6 Å². The van der Waals surface area contributed by atoms with E-state index in [1.807, 2.05) is 0 Å². The minimum absolute atomic E-state index is 0.0475. The minimum atomic E-state index is -0.746. The summed E-state index contributed by atoms with van der Waals surface area (Å²) in [6.45, 7) is 9.32. The number of nitrogens with two attached hydrogens (primary N) is 1. The maximum absolute atomic E-state index is 13.2. The molecule has 0 aliphatic heterocycles. The topological polar surface area (TPSA) is 178 Å². The molecule has 0 bridgehead atoms. The number of H-pyrrole nitrogens is 1. The summed E-state index contributed by atoms with van der Waals surface area (Å²) < 4.78 is 11.5. The molecule has 1 unspecified atom stereocenters. The van der Waals surface area contributed by atoms with Gasteiger partial charge in [0.25, 0.3) is 5.56 Å². The van der Waals surface area contributed by atoms with Crippen LogP contribution < -0.4 is 27.6 Å². The fourth-order valence-corrected chi connectivity index (χ4v) is 3.52. The number of carbonyl (C=O) groups is 3. The highest BCUT2D eigenvalue weighted by atomic mass is 16.6. The Labute approximate surface area is 223 Å². The standard InChI is InChI=1S/C25H44N6O7/c1-6-37-21(33)17-30(20(32)16-31-14-18(2)22(34)29-23(31)35)15-19(28-24(36)38-25(3,4)5)13-27-12-10-8-7-9-11-26/h14,19,27H,6-13,15-17,26H2,1-5H3,(H,28,36)(H,29,34,35). The Morgan fingerprint density at radius 2 is 1.84 bits per heavy atom. The molecule has 13 nitrogen and oxygen atoms in total. The van der Waals surface area contributed by atoms with Gasteiger partial charge in [0.1, 0.15) is 18.7 Å². The van der Waals surface area contributed by atoms with E-state index < -0.39 is 47.4 Å². The van der Waals surface area contributed by atoms with Crippen LogP contribution in [0.4, 0.5) is 4.79 Å². The van der Waals surface area contributed by atoms with Gasteiger partial charge in [0.2, 0.25) is 5.91 Å². The van der Waals surface area contributed by atoms with Crippen LogP contribution in [0.2, 0.25) is 0 Å². The fourth-order valence-electron chi connectivity index (χ4n) is 3.52. The molecule has 1 aromatic heterocycles. The van der Waals surface area contributed by atoms with E-state index in [0.717, 1.165) is 30.3 Å². The number of rotatable bonds is 16. The first-order chi connectivity index (χ1) is 17.9. The summed E-state index contributed by atoms with van der Waals surface area (Å²) in [5.41, 5.74) is 3.77. The van der Waals surface area contributed by atoms with Gasteiger partial charge in [-0.1, -0.05) is 12.8 Å². The SMILES string of the molecule is CCOC(=O)CN(CC(CNCCCCCCN)NC(=O)OC(C)(C)C)C(=O)Cn1cc(C)c(=O)[nH]c1=O. The first-order valence-corrected chi connectivity index (χ1v) is 13.0. The smallest absolute Gasteiger partial charge is 0.407 e. The van der Waals surface area contributed by atoms with Crippen molar-refractivity contribution in [1.29, 1.82) is 0 Å². The molecular formula is C25H44N6O7. The van der Waals surface area contributed by atoms with Gasteiger partial charge >= 0.3 is 17.8 Å². The summed E-state index contributed by atoms with van der Waals surface area (Å²) in [5.74, 6) is -1.20. The maximum atomic E-state index is 13.2. The van der Waals surface area contributed by atoms with E-state index in [1.54, 1.807) is 27.7 Å². The Hall–Kier alpha value is -3.19. The molecule has 0 spiro atoms. The molecule has 0 saturated heterocycles. The third-order valence-corrected chi connectivity index (χ3v) is 5.33. The fraction of sp³-hybridized carbons (Fsp3) is 0.720. The van der Waals surface area contributed by atoms with Gasteiger partial charge in [-0.3, -0.25) is 23.9 Å². The molecule has 38 heavy (non-hydrogen) atoms. The van der Waals surface area contributed by atoms with Crippen LogP contribution in [0.25, 0.3) is 0 Å². The number of nitrogens with one attached hydrogen (secondary N) is 3. The summed E-state index contributed by atoms with van der Waals surface area (Å²) in [7, 11) is 0. The Bertz CT molecular complexity index is 1010. The van der Waals surface area contributed by atoms with E-state index in [-0.39, 0.29) is 25.3 Å². The van der Waals surface area contributed by atoms with E-state index in [1.165, 1.54) is 18.0 Å². The summed E-state index contributed by atoms with van der Waals surface area (Å²) in [6.07, 6.45) is 4.54. The van der Waals surface area contributed by atoms with Crippen LogP contribution in [0.5, 0.6) is 0 Å². The second kappa shape index (κ2) is 16.6. The van der Waals surface area contributed by atoms with Gasteiger partial charge < -0.3 is 30.7 Å². The number of alkyl carbamates (subject to hydrolysis) is 1. The second-order valence-corrected chi connectivity index (χ2v) is 10.0. The number of amides is 2. The van der Waals surface area contributed by atoms with E-state index in [2.05, 4.69) is 15.6 Å². The number of aryl methyl sites for hydroxylation is 1. The molecule has 0 aromatic carbocycles. The zero-order chi connectivity index (χ0) is 28.7. The van der Waals surface area contributed by atoms with Gasteiger partial charge in [-0.15, -0.1) is 0 Å². The Morgan fingerprint density at radius 3 is 2.47 bits per heavy atom. The van der Waals surface area contributed by atoms with Crippen molar-refractivity contribution >= 4 is 18.0 Å². The quantitative estimate of drug-likeness (QED) is 0.169. The monoisotopic (exact) mass is 540 g/mol. The average Bonchev–Trinajstić information content (AvgIpc) is 2.80. The van der Waals surface area contributed by atoms with E-state index in [4.69, 9.17) is 15.2 Å². The molecule has 1 heterocycles. The molecule has 0 saturated carbocycles. The number of nitrogens with zero attached hydrogens (tertiary/aromatic N) is 2. The lowest BCUT2D eigenvalue weighted by Gasteiger charge is -2.29. The highest BCUT2D eigenvalue weighted by Crippen LogP contribution is 2.07. The number of aromatic amines is 1. The van der Waals surface area contributed by atoms with Crippen molar-refractivity contribution in [2.24, 2.45) is 5.73 Å². The van der Waals surface area contributed by atoms with Crippen molar-refractivity contribution in [2.75, 3.05) is 39.3 Å². The molecule has 5 N–H and O–H groups in total. The number of hydrogen-bond donors (Lipinski definition) is 4. The third-order valence-electron chi connectivity index (χ3n) is 5.33. The van der Waals surface area contributed by atoms with Crippen molar-refractivity contribution in [3.63, 3.8) is 0 Å². The van der Waals surface area contributed by atoms with Crippen LogP contribution in [0.15, 0.2) is 15.8 Å². The molecule has 1 aromatic rings. The van der Waals surface area contributed by atoms with Crippen molar-refractivity contribution < 1.29 is 23.9 Å². The molecule has 0 aliphatic rings. The van der Waals surface area contributed by atoms with Gasteiger partial charge in [0.05, 0.1) is 12.6 Å². The van der Waals surface area contributed by atoms with Crippen molar-refractivity contribution in [3.8, 4) is 0 Å². The zero-order valence-corrected chi connectivity index (χ0v) is 23.3. The van der Waals surface area contributed by atoms with E-state index in [0.29, 0.717) is 19.6 Å². The maximum Gasteiger partial charge on any atom is 0.407 e. The molecule has 1 rings (SSSR count). The predicted octanol–water partition coefficient (Wildman–Crippen LogP) is 0.239. The van der Waals surface area contributed by atoms with E-state index >= 15 is 0 Å². The van der Waals surface area contributed by atoms with Crippen LogP contribution in [-0.2, 0) is 25.6 Å². The Kier molecular flexibility index (Phi) is 14.4. The lowest BCUT2D eigenvalue weighted by molar-refractivity contribution is -0.149. The summed E-state index contributed by atoms with van der Waals surface area (Å²) in [6, 6.07) is -0.610. The predicted molar refractivity (Wildman–Crippen MR) is 143 cm³/mol. The third kappa shape index (κ3) is 13.4. The average molecular weight is 541 g/mol. The normalized spacial score (nSPS) is 12.1. The number of aromatic nitrogens is 2. The van der Waals surface area contributed by atoms with Gasteiger partial charge in [0, 0.05) is 24.8 Å². The lowest BCUT2D eigenvalue weighted by Crippen LogP contribution is -2.53. The Morgan fingerprint density at radius 1 is 1.16 bits per heavy atom. The summed E-state index contributed by atoms with van der Waals surface area (Å²) >= 11 is 0. The lowest BCUT2D eigenvalue weighted by atomic mass is 10.2. The van der Waals surface area contributed by atoms with Gasteiger partial charge in [-0.2, -0.15) is 0 Å². The molecular weight excluding hydrogens is 496 g/mol. The van der Waals surface area contributed by atoms with Crippen LogP contribution in [0.3, 0.4) is 0 Å². The van der Waals surface area contributed by atoms with Crippen LogP contribution in [0.1, 0.15) is 58.9 Å². The highest BCUT2D eigenvalue weighted by molar-refractivity contribution is 5.82. The number of ether oxygens (including phenoxy) is 2. The second-order valence-electron chi connectivity index (χ2n) is 10.0. The van der Waals surface area contributed by atoms with Crippen molar-refractivity contribution in [2.45, 2.75) is 78.5 Å². The zero-order valence-electron chi connectivity index (χ0n) is 23.3. The van der Waals surface area contributed by atoms with Gasteiger partial charge in [0.15, 0.2) is 0 Å². The number of unbranched alkanes of at least 4 members (excludes halogenated alkanes) is 3. The molecule has 216 valence electrons. The molecule has 1 atom stereocenters. The molecule has 13 heteroatoms. The highest BCUT2D eigenvalue weighted by Gasteiger charge is 2.25. The molecule has 0 fully saturated rings. The first-order valence-electron chi connectivity index (χ1n) is 13.0. The number of carbonyl (C=O) groups excluding carboxylic acids is 3. The molecule has 0 aliphatic carbocycles. The van der Waals surface area contributed by atoms with Crippen LogP contribution >= 0.6 is 0 Å². The van der Waals surface area contributed by atoms with Gasteiger partial charge in [-0.25, -0.2) is 9.59 Å². The first kappa shape index (κ1) is 32.8. The largest absolute Gasteiger partial charge is 0.465 e. The molecule has 2 amide bonds. The minimum Gasteiger partial charge on any atom is -0.465 e. The van der Waals surface area contributed by atoms with Crippen LogP contribution in [-0.4, -0.2) is 83.4 Å². The van der Waals surface area contributed by atoms with Crippen molar-refractivity contribution in [1.82, 2.24) is 25.1 Å².